The lowest BCUT2D eigenvalue weighted by atomic mass is 10.2. The molecule has 3 N–H and O–H groups in total. The van der Waals surface area contributed by atoms with Gasteiger partial charge >= 0.3 is 5.97 Å². The van der Waals surface area contributed by atoms with E-state index in [9.17, 15) is 4.79 Å². The van der Waals surface area contributed by atoms with E-state index in [1.807, 2.05) is 0 Å². The van der Waals surface area contributed by atoms with E-state index in [1.165, 1.54) is 12.3 Å². The number of rotatable bonds is 4. The van der Waals surface area contributed by atoms with Gasteiger partial charge in [0.05, 0.1) is 12.7 Å². The Morgan fingerprint density at radius 1 is 1.21 bits per heavy atom. The van der Waals surface area contributed by atoms with Gasteiger partial charge in [0, 0.05) is 6.20 Å². The zero-order valence-corrected chi connectivity index (χ0v) is 10.2. The third kappa shape index (κ3) is 2.74. The molecule has 2 rings (SSSR count). The number of nitrogens with zero attached hydrogens (tertiary/aromatic N) is 1. The van der Waals surface area contributed by atoms with E-state index in [4.69, 9.17) is 20.3 Å². The first kappa shape index (κ1) is 12.7. The maximum absolute atomic E-state index is 10.9. The zero-order chi connectivity index (χ0) is 13.8. The molecule has 0 spiro atoms. The zero-order valence-electron chi connectivity index (χ0n) is 10.2. The summed E-state index contributed by atoms with van der Waals surface area (Å²) in [4.78, 5) is 14.8. The number of hydrogen-bond acceptors (Lipinski definition) is 5. The topological polar surface area (TPSA) is 94.7 Å². The molecule has 0 radical (unpaired) electrons. The highest BCUT2D eigenvalue weighted by molar-refractivity contribution is 5.94. The van der Waals surface area contributed by atoms with E-state index in [1.54, 1.807) is 31.4 Å². The second kappa shape index (κ2) is 5.26. The van der Waals surface area contributed by atoms with Crippen molar-refractivity contribution < 1.29 is 19.4 Å². The molecule has 0 aliphatic heterocycles. The van der Waals surface area contributed by atoms with Crippen molar-refractivity contribution in [3.63, 3.8) is 0 Å². The Labute approximate surface area is 109 Å². The molecule has 1 aromatic carbocycles. The lowest BCUT2D eigenvalue weighted by Crippen LogP contribution is -2.05. The van der Waals surface area contributed by atoms with Crippen molar-refractivity contribution in [2.75, 3.05) is 12.8 Å². The molecule has 1 aromatic heterocycles. The van der Waals surface area contributed by atoms with E-state index in [0.29, 0.717) is 11.5 Å². The summed E-state index contributed by atoms with van der Waals surface area (Å²) in [7, 11) is 1.56. The number of methoxy groups -OCH3 is 1. The summed E-state index contributed by atoms with van der Waals surface area (Å²) in [5.74, 6) is 0.111. The van der Waals surface area contributed by atoms with Gasteiger partial charge in [0.1, 0.15) is 17.2 Å². The summed E-state index contributed by atoms with van der Waals surface area (Å²) in [5, 5.41) is 8.94. The molecule has 19 heavy (non-hydrogen) atoms. The van der Waals surface area contributed by atoms with Crippen molar-refractivity contribution >= 4 is 11.7 Å². The molecule has 0 amide bonds. The van der Waals surface area contributed by atoms with Crippen LogP contribution in [0, 0.1) is 0 Å². The molecule has 0 saturated heterocycles. The minimum Gasteiger partial charge on any atom is -0.497 e. The number of nitrogen functional groups attached to an aromatic ring is 1. The number of nitrogens with two attached hydrogens (primary N) is 1. The van der Waals surface area contributed by atoms with Crippen molar-refractivity contribution in [1.29, 1.82) is 0 Å². The number of carbonyl (C=O) groups is 1. The molecule has 0 fully saturated rings. The smallest absolute Gasteiger partial charge is 0.338 e. The monoisotopic (exact) mass is 260 g/mol. The fourth-order valence-electron chi connectivity index (χ4n) is 1.48. The van der Waals surface area contributed by atoms with Gasteiger partial charge in [-0.1, -0.05) is 0 Å². The first-order valence-electron chi connectivity index (χ1n) is 5.41. The van der Waals surface area contributed by atoms with E-state index in [0.717, 1.165) is 0 Å². The average Bonchev–Trinajstić information content (AvgIpc) is 2.41. The number of benzene rings is 1. The molecule has 0 atom stereocenters. The van der Waals surface area contributed by atoms with Crippen LogP contribution in [0.4, 0.5) is 5.69 Å². The SMILES string of the molecule is COc1ccc(Oc2nccc(C(=O)O)c2N)cc1. The molecule has 0 aliphatic rings. The van der Waals surface area contributed by atoms with Gasteiger partial charge in [0.15, 0.2) is 0 Å². The van der Waals surface area contributed by atoms with Gasteiger partial charge in [-0.15, -0.1) is 0 Å². The normalized spacial score (nSPS) is 9.95. The van der Waals surface area contributed by atoms with Crippen LogP contribution in [-0.2, 0) is 0 Å². The van der Waals surface area contributed by atoms with Crippen LogP contribution < -0.4 is 15.2 Å². The molecule has 6 nitrogen and oxygen atoms in total. The van der Waals surface area contributed by atoms with Crippen molar-refractivity contribution in [2.45, 2.75) is 0 Å². The van der Waals surface area contributed by atoms with Crippen molar-refractivity contribution in [3.05, 3.63) is 42.1 Å². The highest BCUT2D eigenvalue weighted by Crippen LogP contribution is 2.28. The van der Waals surface area contributed by atoms with Gasteiger partial charge in [-0.25, -0.2) is 9.78 Å². The highest BCUT2D eigenvalue weighted by Gasteiger charge is 2.13. The minimum absolute atomic E-state index is 0.00850. The predicted octanol–water partition coefficient (Wildman–Crippen LogP) is 2.16. The molecule has 0 aliphatic carbocycles. The van der Waals surface area contributed by atoms with Crippen LogP contribution in [0.25, 0.3) is 0 Å². The number of pyridine rings is 1. The van der Waals surface area contributed by atoms with Crippen LogP contribution in [0.1, 0.15) is 10.4 Å². The van der Waals surface area contributed by atoms with Crippen LogP contribution in [-0.4, -0.2) is 23.2 Å². The van der Waals surface area contributed by atoms with Crippen molar-refractivity contribution in [1.82, 2.24) is 4.98 Å². The number of aromatic carboxylic acids is 1. The summed E-state index contributed by atoms with van der Waals surface area (Å²) >= 11 is 0. The summed E-state index contributed by atoms with van der Waals surface area (Å²) in [6, 6.07) is 8.10. The van der Waals surface area contributed by atoms with Gasteiger partial charge in [-0.2, -0.15) is 0 Å². The molecular formula is C13H12N2O4. The number of carboxylic acids is 1. The molecule has 0 unspecified atom stereocenters. The van der Waals surface area contributed by atoms with Crippen LogP contribution in [0.3, 0.4) is 0 Å². The average molecular weight is 260 g/mol. The molecule has 0 bridgehead atoms. The third-order valence-electron chi connectivity index (χ3n) is 2.46. The Balaban J connectivity index is 2.27. The quantitative estimate of drug-likeness (QED) is 0.874. The Kier molecular flexibility index (Phi) is 3.51. The lowest BCUT2D eigenvalue weighted by Gasteiger charge is -2.09. The standard InChI is InChI=1S/C13H12N2O4/c1-18-8-2-4-9(5-3-8)19-12-11(14)10(13(16)17)6-7-15-12/h2-7H,14H2,1H3,(H,16,17). The van der Waals surface area contributed by atoms with E-state index >= 15 is 0 Å². The van der Waals surface area contributed by atoms with Gasteiger partial charge in [0.25, 0.3) is 0 Å². The van der Waals surface area contributed by atoms with Crippen molar-refractivity contribution in [3.8, 4) is 17.4 Å². The number of hydrogen-bond donors (Lipinski definition) is 2. The summed E-state index contributed by atoms with van der Waals surface area (Å²) < 4.78 is 10.5. The van der Waals surface area contributed by atoms with Gasteiger partial charge < -0.3 is 20.3 Å². The Morgan fingerprint density at radius 2 is 1.84 bits per heavy atom. The summed E-state index contributed by atoms with van der Waals surface area (Å²) in [6.45, 7) is 0. The molecular weight excluding hydrogens is 248 g/mol. The Morgan fingerprint density at radius 3 is 2.42 bits per heavy atom. The highest BCUT2D eigenvalue weighted by atomic mass is 16.5. The Bertz CT molecular complexity index is 596. The van der Waals surface area contributed by atoms with E-state index < -0.39 is 5.97 Å². The van der Waals surface area contributed by atoms with Crippen LogP contribution in [0.2, 0.25) is 0 Å². The second-order valence-corrected chi connectivity index (χ2v) is 3.66. The molecule has 1 heterocycles. The van der Waals surface area contributed by atoms with Gasteiger partial charge in [0.2, 0.25) is 5.88 Å². The summed E-state index contributed by atoms with van der Waals surface area (Å²) in [5.41, 5.74) is 5.64. The number of anilines is 1. The predicted molar refractivity (Wildman–Crippen MR) is 68.7 cm³/mol. The van der Waals surface area contributed by atoms with E-state index in [-0.39, 0.29) is 17.1 Å². The maximum atomic E-state index is 10.9. The number of ether oxygens (including phenoxy) is 2. The molecule has 98 valence electrons. The first-order chi connectivity index (χ1) is 9.11. The molecule has 2 aromatic rings. The maximum Gasteiger partial charge on any atom is 0.338 e. The molecule has 6 heteroatoms. The first-order valence-corrected chi connectivity index (χ1v) is 5.41. The largest absolute Gasteiger partial charge is 0.497 e. The van der Waals surface area contributed by atoms with Crippen LogP contribution in [0.5, 0.6) is 17.4 Å². The van der Waals surface area contributed by atoms with Crippen LogP contribution >= 0.6 is 0 Å². The minimum atomic E-state index is -1.13. The van der Waals surface area contributed by atoms with Crippen molar-refractivity contribution in [2.24, 2.45) is 0 Å². The number of aromatic nitrogens is 1. The fraction of sp³-hybridized carbons (Fsp3) is 0.0769. The molecule has 0 saturated carbocycles. The van der Waals surface area contributed by atoms with Gasteiger partial charge in [-0.3, -0.25) is 0 Å². The second-order valence-electron chi connectivity index (χ2n) is 3.66. The fourth-order valence-corrected chi connectivity index (χ4v) is 1.48. The summed E-state index contributed by atoms with van der Waals surface area (Å²) in [6.07, 6.45) is 1.33. The lowest BCUT2D eigenvalue weighted by molar-refractivity contribution is 0.0697. The van der Waals surface area contributed by atoms with Gasteiger partial charge in [-0.05, 0) is 30.3 Å². The van der Waals surface area contributed by atoms with Crippen LogP contribution in [0.15, 0.2) is 36.5 Å². The third-order valence-corrected chi connectivity index (χ3v) is 2.46. The Hall–Kier alpha value is -2.76. The van der Waals surface area contributed by atoms with E-state index in [2.05, 4.69) is 4.98 Å². The number of carboxylic acid groups (broad SMARTS) is 1.